The highest BCUT2D eigenvalue weighted by molar-refractivity contribution is 5.80. The monoisotopic (exact) mass is 331 g/mol. The summed E-state index contributed by atoms with van der Waals surface area (Å²) in [5, 5.41) is 5.37. The molecule has 0 radical (unpaired) electrons. The van der Waals surface area contributed by atoms with Crippen LogP contribution in [-0.4, -0.2) is 36.9 Å². The van der Waals surface area contributed by atoms with Crippen LogP contribution in [0.4, 0.5) is 8.78 Å². The van der Waals surface area contributed by atoms with Gasteiger partial charge in [-0.05, 0) is 38.5 Å². The standard InChI is InChI=1S/C16H27F2N3O2/c17-16(18,9-19)10-20-14(22)12-5-7-13(8-6-12)21-15(23)11-3-1-2-4-11/h11-13H,1-10,19H2,(H,20,22)(H,21,23). The Morgan fingerprint density at radius 1 is 0.957 bits per heavy atom. The summed E-state index contributed by atoms with van der Waals surface area (Å²) >= 11 is 0. The van der Waals surface area contributed by atoms with E-state index < -0.39 is 19.0 Å². The average molecular weight is 331 g/mol. The molecule has 2 saturated carbocycles. The van der Waals surface area contributed by atoms with Gasteiger partial charge in [0.2, 0.25) is 11.8 Å². The molecule has 2 aliphatic rings. The molecule has 0 aromatic rings. The van der Waals surface area contributed by atoms with Gasteiger partial charge in [0.05, 0.1) is 13.1 Å². The second kappa shape index (κ2) is 8.04. The van der Waals surface area contributed by atoms with Crippen LogP contribution in [-0.2, 0) is 9.59 Å². The number of alkyl halides is 2. The first kappa shape index (κ1) is 18.1. The number of nitrogens with one attached hydrogen (secondary N) is 2. The van der Waals surface area contributed by atoms with Crippen molar-refractivity contribution in [2.75, 3.05) is 13.1 Å². The summed E-state index contributed by atoms with van der Waals surface area (Å²) in [6.45, 7) is -1.48. The topological polar surface area (TPSA) is 84.2 Å². The highest BCUT2D eigenvalue weighted by Gasteiger charge is 2.32. The SMILES string of the molecule is NCC(F)(F)CNC(=O)C1CCC(NC(=O)C2CCCC2)CC1. The molecule has 0 aromatic heterocycles. The van der Waals surface area contributed by atoms with Crippen LogP contribution >= 0.6 is 0 Å². The van der Waals surface area contributed by atoms with E-state index in [-0.39, 0.29) is 29.7 Å². The van der Waals surface area contributed by atoms with Crippen molar-refractivity contribution in [1.29, 1.82) is 0 Å². The van der Waals surface area contributed by atoms with E-state index in [9.17, 15) is 18.4 Å². The first-order valence-corrected chi connectivity index (χ1v) is 8.57. The van der Waals surface area contributed by atoms with E-state index in [4.69, 9.17) is 5.73 Å². The molecule has 23 heavy (non-hydrogen) atoms. The maximum absolute atomic E-state index is 13.0. The van der Waals surface area contributed by atoms with E-state index >= 15 is 0 Å². The molecule has 0 saturated heterocycles. The Morgan fingerprint density at radius 3 is 2.09 bits per heavy atom. The minimum atomic E-state index is -3.05. The number of carbonyl (C=O) groups excluding carboxylic acids is 2. The molecular formula is C16H27F2N3O2. The lowest BCUT2D eigenvalue weighted by molar-refractivity contribution is -0.128. The largest absolute Gasteiger partial charge is 0.353 e. The van der Waals surface area contributed by atoms with E-state index in [0.717, 1.165) is 38.5 Å². The van der Waals surface area contributed by atoms with Crippen LogP contribution in [0.3, 0.4) is 0 Å². The second-order valence-corrected chi connectivity index (χ2v) is 6.82. The third-order valence-electron chi connectivity index (χ3n) is 4.99. The molecule has 0 bridgehead atoms. The summed E-state index contributed by atoms with van der Waals surface area (Å²) in [5.41, 5.74) is 4.95. The van der Waals surface area contributed by atoms with Gasteiger partial charge in [0, 0.05) is 17.9 Å². The van der Waals surface area contributed by atoms with Crippen molar-refractivity contribution in [2.45, 2.75) is 63.3 Å². The lowest BCUT2D eigenvalue weighted by atomic mass is 9.85. The van der Waals surface area contributed by atoms with Crippen molar-refractivity contribution in [2.24, 2.45) is 17.6 Å². The van der Waals surface area contributed by atoms with Crippen LogP contribution in [0.5, 0.6) is 0 Å². The average Bonchev–Trinajstić information content (AvgIpc) is 3.08. The van der Waals surface area contributed by atoms with Crippen molar-refractivity contribution in [3.63, 3.8) is 0 Å². The molecule has 5 nitrogen and oxygen atoms in total. The molecule has 2 rings (SSSR count). The normalized spacial score (nSPS) is 26.0. The molecule has 0 heterocycles. The van der Waals surface area contributed by atoms with Gasteiger partial charge in [0.1, 0.15) is 0 Å². The molecule has 132 valence electrons. The summed E-state index contributed by atoms with van der Waals surface area (Å²) in [5.74, 6) is -3.35. The molecule has 0 spiro atoms. The van der Waals surface area contributed by atoms with Crippen molar-refractivity contribution >= 4 is 11.8 Å². The van der Waals surface area contributed by atoms with Crippen molar-refractivity contribution in [1.82, 2.24) is 10.6 Å². The lowest BCUT2D eigenvalue weighted by Gasteiger charge is -2.29. The minimum Gasteiger partial charge on any atom is -0.353 e. The highest BCUT2D eigenvalue weighted by Crippen LogP contribution is 2.28. The number of halogens is 2. The van der Waals surface area contributed by atoms with Gasteiger partial charge in [-0.1, -0.05) is 12.8 Å². The predicted molar refractivity (Wildman–Crippen MR) is 82.9 cm³/mol. The van der Waals surface area contributed by atoms with Gasteiger partial charge in [0.25, 0.3) is 5.92 Å². The third-order valence-corrected chi connectivity index (χ3v) is 4.99. The van der Waals surface area contributed by atoms with Gasteiger partial charge in [-0.2, -0.15) is 0 Å². The van der Waals surface area contributed by atoms with E-state index in [1.807, 2.05) is 0 Å². The van der Waals surface area contributed by atoms with Crippen LogP contribution < -0.4 is 16.4 Å². The summed E-state index contributed by atoms with van der Waals surface area (Å²) in [4.78, 5) is 24.0. The van der Waals surface area contributed by atoms with Gasteiger partial charge < -0.3 is 16.4 Å². The van der Waals surface area contributed by atoms with E-state index in [2.05, 4.69) is 10.6 Å². The first-order chi connectivity index (χ1) is 10.9. The van der Waals surface area contributed by atoms with Gasteiger partial charge in [-0.25, -0.2) is 8.78 Å². The smallest absolute Gasteiger partial charge is 0.277 e. The Bertz CT molecular complexity index is 418. The lowest BCUT2D eigenvalue weighted by Crippen LogP contribution is -2.46. The molecule has 0 aliphatic heterocycles. The fourth-order valence-electron chi connectivity index (χ4n) is 3.44. The fraction of sp³-hybridized carbons (Fsp3) is 0.875. The Kier molecular flexibility index (Phi) is 6.33. The number of hydrogen-bond acceptors (Lipinski definition) is 3. The predicted octanol–water partition coefficient (Wildman–Crippen LogP) is 1.56. The minimum absolute atomic E-state index is 0.109. The van der Waals surface area contributed by atoms with Gasteiger partial charge in [-0.3, -0.25) is 9.59 Å². The number of hydrogen-bond donors (Lipinski definition) is 3. The molecule has 2 aliphatic carbocycles. The van der Waals surface area contributed by atoms with Crippen LogP contribution in [0.1, 0.15) is 51.4 Å². The fourth-order valence-corrected chi connectivity index (χ4v) is 3.44. The Morgan fingerprint density at radius 2 is 1.52 bits per heavy atom. The Labute approximate surface area is 135 Å². The van der Waals surface area contributed by atoms with E-state index in [0.29, 0.717) is 12.8 Å². The zero-order valence-electron chi connectivity index (χ0n) is 13.5. The van der Waals surface area contributed by atoms with Gasteiger partial charge >= 0.3 is 0 Å². The van der Waals surface area contributed by atoms with Gasteiger partial charge in [0.15, 0.2) is 0 Å². The quantitative estimate of drug-likeness (QED) is 0.690. The molecule has 0 unspecified atom stereocenters. The number of amides is 2. The number of carbonyl (C=O) groups is 2. The zero-order valence-corrected chi connectivity index (χ0v) is 13.5. The number of nitrogens with two attached hydrogens (primary N) is 1. The molecule has 2 amide bonds. The third kappa shape index (κ3) is 5.41. The molecule has 2 fully saturated rings. The summed E-state index contributed by atoms with van der Waals surface area (Å²) < 4.78 is 26.1. The van der Waals surface area contributed by atoms with Crippen LogP contribution in [0, 0.1) is 11.8 Å². The second-order valence-electron chi connectivity index (χ2n) is 6.82. The molecule has 4 N–H and O–H groups in total. The molecule has 0 aromatic carbocycles. The van der Waals surface area contributed by atoms with Crippen molar-refractivity contribution < 1.29 is 18.4 Å². The van der Waals surface area contributed by atoms with Crippen LogP contribution in [0.15, 0.2) is 0 Å². The first-order valence-electron chi connectivity index (χ1n) is 8.57. The van der Waals surface area contributed by atoms with Gasteiger partial charge in [-0.15, -0.1) is 0 Å². The molecule has 0 atom stereocenters. The van der Waals surface area contributed by atoms with Crippen LogP contribution in [0.25, 0.3) is 0 Å². The maximum Gasteiger partial charge on any atom is 0.277 e. The Balaban J connectivity index is 1.68. The van der Waals surface area contributed by atoms with E-state index in [1.165, 1.54) is 0 Å². The molecule has 7 heteroatoms. The van der Waals surface area contributed by atoms with Crippen molar-refractivity contribution in [3.8, 4) is 0 Å². The summed E-state index contributed by atoms with van der Waals surface area (Å²) in [7, 11) is 0. The number of rotatable bonds is 6. The van der Waals surface area contributed by atoms with Crippen molar-refractivity contribution in [3.05, 3.63) is 0 Å². The summed E-state index contributed by atoms with van der Waals surface area (Å²) in [6.07, 6.45) is 6.88. The zero-order chi connectivity index (χ0) is 16.9. The van der Waals surface area contributed by atoms with E-state index in [1.54, 1.807) is 0 Å². The highest BCUT2D eigenvalue weighted by atomic mass is 19.3. The Hall–Kier alpha value is -1.24. The molecular weight excluding hydrogens is 304 g/mol. The van der Waals surface area contributed by atoms with Crippen LogP contribution in [0.2, 0.25) is 0 Å². The maximum atomic E-state index is 13.0. The summed E-state index contributed by atoms with van der Waals surface area (Å²) in [6, 6.07) is 0.109.